The molecular weight excluding hydrogens is 402 g/mol. The number of nitrogens with two attached hydrogens (primary N) is 2. The fourth-order valence-electron chi connectivity index (χ4n) is 2.72. The van der Waals surface area contributed by atoms with Gasteiger partial charge in [-0.15, -0.1) is 0 Å². The quantitative estimate of drug-likeness (QED) is 0.290. The van der Waals surface area contributed by atoms with Gasteiger partial charge in [-0.2, -0.15) is 4.37 Å². The van der Waals surface area contributed by atoms with Crippen molar-refractivity contribution in [3.8, 4) is 11.5 Å². The Kier molecular flexibility index (Phi) is 6.33. The molecule has 0 radical (unpaired) electrons. The zero-order chi connectivity index (χ0) is 21.7. The van der Waals surface area contributed by atoms with Crippen LogP contribution < -0.4 is 21.5 Å². The fraction of sp³-hybridized carbons (Fsp3) is 0.0952. The standard InChI is InChI=1S/C18H16N2O3.C3H5N3S/c1-23-13-8-6-12(7-9-13)20-18(22)15-10-11-4-2-3-5-14(11)16(19)17(15)21;1-2-5-3(4)7-6-2/h2-10,21H,19H2,1H3,(H,20,22);1H3,(H2,4,5,6). The lowest BCUT2D eigenvalue weighted by Crippen LogP contribution is -2.12. The maximum absolute atomic E-state index is 12.4. The van der Waals surface area contributed by atoms with Gasteiger partial charge in [0.05, 0.1) is 18.4 Å². The molecule has 1 aromatic heterocycles. The molecule has 0 fully saturated rings. The van der Waals surface area contributed by atoms with Crippen LogP contribution in [0.3, 0.4) is 0 Å². The molecule has 0 saturated carbocycles. The number of hydrogen-bond acceptors (Lipinski definition) is 8. The molecule has 3 aromatic carbocycles. The van der Waals surface area contributed by atoms with Crippen molar-refractivity contribution in [1.82, 2.24) is 9.36 Å². The molecule has 6 N–H and O–H groups in total. The van der Waals surface area contributed by atoms with Gasteiger partial charge in [-0.05, 0) is 42.6 Å². The molecule has 0 aliphatic carbocycles. The highest BCUT2D eigenvalue weighted by Gasteiger charge is 2.16. The lowest BCUT2D eigenvalue weighted by Gasteiger charge is -2.11. The molecule has 8 nitrogen and oxygen atoms in total. The van der Waals surface area contributed by atoms with Gasteiger partial charge >= 0.3 is 0 Å². The van der Waals surface area contributed by atoms with E-state index >= 15 is 0 Å². The Morgan fingerprint density at radius 1 is 1.13 bits per heavy atom. The third-order valence-corrected chi connectivity index (χ3v) is 4.83. The average molecular weight is 423 g/mol. The number of aromatic hydroxyl groups is 1. The summed E-state index contributed by atoms with van der Waals surface area (Å²) in [7, 11) is 1.57. The van der Waals surface area contributed by atoms with E-state index in [4.69, 9.17) is 16.2 Å². The van der Waals surface area contributed by atoms with Crippen molar-refractivity contribution in [2.45, 2.75) is 6.92 Å². The van der Waals surface area contributed by atoms with Gasteiger partial charge in [-0.25, -0.2) is 4.98 Å². The summed E-state index contributed by atoms with van der Waals surface area (Å²) in [6.07, 6.45) is 0. The zero-order valence-corrected chi connectivity index (χ0v) is 17.2. The fourth-order valence-corrected chi connectivity index (χ4v) is 3.16. The molecule has 4 rings (SSSR count). The molecule has 30 heavy (non-hydrogen) atoms. The number of rotatable bonds is 3. The van der Waals surface area contributed by atoms with Crippen LogP contribution in [0.1, 0.15) is 16.2 Å². The summed E-state index contributed by atoms with van der Waals surface area (Å²) >= 11 is 1.22. The number of anilines is 3. The molecular formula is C21H21N5O3S. The number of carbonyl (C=O) groups excluding carboxylic acids is 1. The van der Waals surface area contributed by atoms with E-state index in [9.17, 15) is 9.90 Å². The Hall–Kier alpha value is -3.85. The smallest absolute Gasteiger partial charge is 0.259 e. The zero-order valence-electron chi connectivity index (χ0n) is 16.4. The second-order valence-corrected chi connectivity index (χ2v) is 7.05. The van der Waals surface area contributed by atoms with Crippen LogP contribution in [-0.4, -0.2) is 27.5 Å². The van der Waals surface area contributed by atoms with Crippen LogP contribution in [0.15, 0.2) is 54.6 Å². The number of ether oxygens (including phenoxy) is 1. The number of aryl methyl sites for hydroxylation is 1. The van der Waals surface area contributed by atoms with E-state index in [1.54, 1.807) is 43.5 Å². The van der Waals surface area contributed by atoms with Crippen molar-refractivity contribution in [1.29, 1.82) is 0 Å². The third kappa shape index (κ3) is 4.76. The van der Waals surface area contributed by atoms with E-state index in [-0.39, 0.29) is 17.0 Å². The number of phenols is 1. The monoisotopic (exact) mass is 423 g/mol. The molecule has 4 aromatic rings. The SMILES string of the molecule is COc1ccc(NC(=O)c2cc3ccccc3c(N)c2O)cc1.Cc1nsc(N)n1. The Balaban J connectivity index is 0.000000310. The van der Waals surface area contributed by atoms with Gasteiger partial charge in [0.2, 0.25) is 0 Å². The van der Waals surface area contributed by atoms with Gasteiger partial charge < -0.3 is 26.6 Å². The number of fused-ring (bicyclic) bond motifs is 1. The van der Waals surface area contributed by atoms with Crippen LogP contribution in [0.4, 0.5) is 16.5 Å². The first-order valence-electron chi connectivity index (χ1n) is 8.90. The van der Waals surface area contributed by atoms with E-state index in [0.29, 0.717) is 22.0 Å². The number of benzene rings is 3. The number of phenolic OH excluding ortho intramolecular Hbond substituents is 1. The Morgan fingerprint density at radius 2 is 1.83 bits per heavy atom. The number of nitrogens with zero attached hydrogens (tertiary/aromatic N) is 2. The Morgan fingerprint density at radius 3 is 2.40 bits per heavy atom. The van der Waals surface area contributed by atoms with E-state index in [0.717, 1.165) is 11.2 Å². The number of aromatic nitrogens is 2. The normalized spacial score (nSPS) is 10.2. The highest BCUT2D eigenvalue weighted by molar-refractivity contribution is 7.09. The average Bonchev–Trinajstić information content (AvgIpc) is 3.14. The summed E-state index contributed by atoms with van der Waals surface area (Å²) in [5, 5.41) is 15.0. The van der Waals surface area contributed by atoms with Crippen LogP contribution >= 0.6 is 11.5 Å². The first-order valence-corrected chi connectivity index (χ1v) is 9.67. The summed E-state index contributed by atoms with van der Waals surface area (Å²) in [5.74, 6) is 0.808. The summed E-state index contributed by atoms with van der Waals surface area (Å²) in [6.45, 7) is 1.81. The maximum Gasteiger partial charge on any atom is 0.259 e. The van der Waals surface area contributed by atoms with Gasteiger partial charge in [0.15, 0.2) is 10.9 Å². The number of nitrogen functional groups attached to an aromatic ring is 2. The highest BCUT2D eigenvalue weighted by atomic mass is 32.1. The number of hydrogen-bond donors (Lipinski definition) is 4. The van der Waals surface area contributed by atoms with Crippen molar-refractivity contribution >= 4 is 44.7 Å². The minimum absolute atomic E-state index is 0.136. The second-order valence-electron chi connectivity index (χ2n) is 6.27. The molecule has 0 aliphatic heterocycles. The van der Waals surface area contributed by atoms with E-state index < -0.39 is 5.91 Å². The van der Waals surface area contributed by atoms with Gasteiger partial charge in [0.1, 0.15) is 11.6 Å². The Bertz CT molecular complexity index is 1160. The van der Waals surface area contributed by atoms with E-state index in [2.05, 4.69) is 14.7 Å². The summed E-state index contributed by atoms with van der Waals surface area (Å²) in [6, 6.07) is 15.9. The van der Waals surface area contributed by atoms with Crippen LogP contribution in [0.25, 0.3) is 10.8 Å². The third-order valence-electron chi connectivity index (χ3n) is 4.20. The molecule has 0 aliphatic rings. The first-order chi connectivity index (χ1) is 14.4. The predicted molar refractivity (Wildman–Crippen MR) is 120 cm³/mol. The topological polar surface area (TPSA) is 136 Å². The minimum Gasteiger partial charge on any atom is -0.505 e. The van der Waals surface area contributed by atoms with Crippen molar-refractivity contribution < 1.29 is 14.6 Å². The molecule has 154 valence electrons. The molecule has 0 bridgehead atoms. The van der Waals surface area contributed by atoms with E-state index in [1.165, 1.54) is 11.5 Å². The largest absolute Gasteiger partial charge is 0.505 e. The lowest BCUT2D eigenvalue weighted by atomic mass is 10.0. The van der Waals surface area contributed by atoms with Gasteiger partial charge in [-0.3, -0.25) is 4.79 Å². The summed E-state index contributed by atoms with van der Waals surface area (Å²) < 4.78 is 8.89. The number of carbonyl (C=O) groups is 1. The van der Waals surface area contributed by atoms with Crippen molar-refractivity contribution in [2.24, 2.45) is 0 Å². The van der Waals surface area contributed by atoms with Crippen LogP contribution in [-0.2, 0) is 0 Å². The van der Waals surface area contributed by atoms with Gasteiger partial charge in [0, 0.05) is 22.6 Å². The number of methoxy groups -OCH3 is 1. The van der Waals surface area contributed by atoms with Crippen LogP contribution in [0.2, 0.25) is 0 Å². The van der Waals surface area contributed by atoms with Crippen molar-refractivity contribution in [3.63, 3.8) is 0 Å². The molecule has 0 atom stereocenters. The van der Waals surface area contributed by atoms with Crippen molar-refractivity contribution in [2.75, 3.05) is 23.9 Å². The molecule has 0 saturated heterocycles. The maximum atomic E-state index is 12.4. The first kappa shape index (κ1) is 20.9. The van der Waals surface area contributed by atoms with Crippen molar-refractivity contribution in [3.05, 3.63) is 66.0 Å². The Labute approximate surface area is 177 Å². The summed E-state index contributed by atoms with van der Waals surface area (Å²) in [4.78, 5) is 16.2. The van der Waals surface area contributed by atoms with Crippen LogP contribution in [0, 0.1) is 6.92 Å². The lowest BCUT2D eigenvalue weighted by molar-refractivity contribution is 0.102. The van der Waals surface area contributed by atoms with E-state index in [1.807, 2.05) is 25.1 Å². The molecule has 0 spiro atoms. The molecule has 1 amide bonds. The van der Waals surface area contributed by atoms with Gasteiger partial charge in [-0.1, -0.05) is 24.3 Å². The molecule has 0 unspecified atom stereocenters. The number of amides is 1. The van der Waals surface area contributed by atoms with Gasteiger partial charge in [0.25, 0.3) is 5.91 Å². The highest BCUT2D eigenvalue weighted by Crippen LogP contribution is 2.34. The van der Waals surface area contributed by atoms with Crippen LogP contribution in [0.5, 0.6) is 11.5 Å². The summed E-state index contributed by atoms with van der Waals surface area (Å²) in [5.41, 5.74) is 12.1. The number of nitrogens with one attached hydrogen (secondary N) is 1. The minimum atomic E-state index is -0.426. The predicted octanol–water partition coefficient (Wildman–Crippen LogP) is 3.82. The molecule has 9 heteroatoms. The molecule has 1 heterocycles. The second kappa shape index (κ2) is 9.10.